The number of hydrogen-bond donors (Lipinski definition) is 4. The molecule has 0 bridgehead atoms. The van der Waals surface area contributed by atoms with Crippen LogP contribution in [0.25, 0.3) is 0 Å². The van der Waals surface area contributed by atoms with E-state index in [1.165, 1.54) is 25.3 Å². The van der Waals surface area contributed by atoms with E-state index < -0.39 is 42.2 Å². The van der Waals surface area contributed by atoms with E-state index in [2.05, 4.69) is 12.2 Å². The number of primary amides is 1. The summed E-state index contributed by atoms with van der Waals surface area (Å²) in [5, 5.41) is 23.4. The van der Waals surface area contributed by atoms with Crippen molar-refractivity contribution in [2.24, 2.45) is 11.7 Å². The molecule has 0 fully saturated rings. The van der Waals surface area contributed by atoms with Crippen molar-refractivity contribution in [3.63, 3.8) is 0 Å². The van der Waals surface area contributed by atoms with Crippen LogP contribution < -0.4 is 15.8 Å². The smallest absolute Gasteiger partial charge is 0.365 e. The Bertz CT molecular complexity index is 1070. The molecule has 2 amide bonds. The third-order valence-corrected chi connectivity index (χ3v) is 7.57. The maximum absolute atomic E-state index is 13.4. The maximum Gasteiger partial charge on any atom is 0.365 e. The number of aliphatic carboxylic acids is 1. The fraction of sp³-hybridized carbons (Fsp3) is 0.657. The highest BCUT2D eigenvalue weighted by Crippen LogP contribution is 2.24. The van der Waals surface area contributed by atoms with E-state index in [1.807, 2.05) is 0 Å². The summed E-state index contributed by atoms with van der Waals surface area (Å²) in [6.07, 6.45) is 14.2. The third kappa shape index (κ3) is 16.3. The fourth-order valence-electron chi connectivity index (χ4n) is 4.84. The number of rotatable bonds is 28. The lowest BCUT2D eigenvalue weighted by Crippen LogP contribution is -2.56. The zero-order valence-electron chi connectivity index (χ0n) is 27.6. The van der Waals surface area contributed by atoms with Crippen molar-refractivity contribution in [3.05, 3.63) is 42.0 Å². The van der Waals surface area contributed by atoms with Crippen LogP contribution in [0.5, 0.6) is 5.75 Å². The second-order valence-corrected chi connectivity index (χ2v) is 11.6. The molecule has 0 heterocycles. The number of ether oxygens (including phenoxy) is 2. The highest BCUT2D eigenvalue weighted by atomic mass is 19.1. The van der Waals surface area contributed by atoms with Crippen LogP contribution in [0.4, 0.5) is 4.39 Å². The molecule has 1 aromatic rings. The highest BCUT2D eigenvalue weighted by molar-refractivity contribution is 5.92. The zero-order valence-corrected chi connectivity index (χ0v) is 27.6. The average molecular weight is 651 g/mol. The summed E-state index contributed by atoms with van der Waals surface area (Å²) in [7, 11) is 0. The van der Waals surface area contributed by atoms with E-state index in [9.17, 15) is 33.8 Å². The van der Waals surface area contributed by atoms with Gasteiger partial charge in [-0.3, -0.25) is 18.8 Å². The molecule has 5 N–H and O–H groups in total. The van der Waals surface area contributed by atoms with Crippen molar-refractivity contribution < 1.29 is 43.3 Å². The molecule has 0 saturated heterocycles. The van der Waals surface area contributed by atoms with Crippen molar-refractivity contribution in [3.8, 4) is 5.75 Å². The quantitative estimate of drug-likeness (QED) is 0.0518. The number of carbonyl (C=O) groups excluding carboxylic acids is 3. The molecule has 0 aliphatic rings. The Kier molecular flexibility index (Phi) is 21.2. The van der Waals surface area contributed by atoms with Crippen LogP contribution in [0.1, 0.15) is 109 Å². The number of ketones is 1. The van der Waals surface area contributed by atoms with Crippen LogP contribution in [0.2, 0.25) is 0 Å². The number of aliphatic hydroxyl groups is 1. The molecule has 10 nitrogen and oxygen atoms in total. The second-order valence-electron chi connectivity index (χ2n) is 11.6. The van der Waals surface area contributed by atoms with Crippen LogP contribution in [-0.2, 0) is 30.3 Å². The average Bonchev–Trinajstić information content (AvgIpc) is 3.03. The van der Waals surface area contributed by atoms with Crippen molar-refractivity contribution >= 4 is 23.6 Å². The van der Waals surface area contributed by atoms with Gasteiger partial charge in [-0.25, -0.2) is 4.79 Å². The lowest BCUT2D eigenvalue weighted by atomic mass is 9.94. The molecule has 0 spiro atoms. The normalized spacial score (nSPS) is 14.0. The maximum atomic E-state index is 13.4. The Morgan fingerprint density at radius 1 is 0.913 bits per heavy atom. The number of halogens is 1. The van der Waals surface area contributed by atoms with Crippen LogP contribution in [0, 0.1) is 5.92 Å². The molecule has 0 aliphatic heterocycles. The minimum Gasteiger partial charge on any atom is -0.494 e. The van der Waals surface area contributed by atoms with Gasteiger partial charge < -0.3 is 30.7 Å². The Hall–Kier alpha value is -3.31. The third-order valence-electron chi connectivity index (χ3n) is 7.57. The lowest BCUT2D eigenvalue weighted by Gasteiger charge is -2.30. The number of carboxylic acids is 1. The predicted octanol–water partition coefficient (Wildman–Crippen LogP) is 5.58. The molecule has 3 atom stereocenters. The first-order valence-corrected chi connectivity index (χ1v) is 16.7. The number of nitrogens with one attached hydrogen (secondary N) is 1. The minimum absolute atomic E-state index is 0.00491. The summed E-state index contributed by atoms with van der Waals surface area (Å²) < 4.78 is 23.0. The summed E-state index contributed by atoms with van der Waals surface area (Å²) in [6.45, 7) is 3.51. The number of carbonyl (C=O) groups is 4. The fourth-order valence-corrected chi connectivity index (χ4v) is 4.84. The van der Waals surface area contributed by atoms with Gasteiger partial charge in [0, 0.05) is 25.7 Å². The second kappa shape index (κ2) is 23.9. The van der Waals surface area contributed by atoms with Crippen LogP contribution in [-0.4, -0.2) is 65.5 Å². The summed E-state index contributed by atoms with van der Waals surface area (Å²) in [6, 6.07) is 5.44. The van der Waals surface area contributed by atoms with Crippen molar-refractivity contribution in [2.45, 2.75) is 122 Å². The lowest BCUT2D eigenvalue weighted by molar-refractivity contribution is -0.237. The molecule has 0 aromatic heterocycles. The van der Waals surface area contributed by atoms with Crippen molar-refractivity contribution in [1.82, 2.24) is 5.32 Å². The van der Waals surface area contributed by atoms with Gasteiger partial charge in [0.1, 0.15) is 23.5 Å². The van der Waals surface area contributed by atoms with Gasteiger partial charge >= 0.3 is 5.97 Å². The van der Waals surface area contributed by atoms with Crippen molar-refractivity contribution in [1.29, 1.82) is 0 Å². The van der Waals surface area contributed by atoms with E-state index in [0.717, 1.165) is 38.5 Å². The molecule has 0 aliphatic carbocycles. The summed E-state index contributed by atoms with van der Waals surface area (Å²) >= 11 is 0. The number of nitrogens with two attached hydrogens (primary N) is 1. The van der Waals surface area contributed by atoms with Gasteiger partial charge in [-0.15, -0.1) is 0 Å². The molecule has 0 saturated carbocycles. The van der Waals surface area contributed by atoms with Gasteiger partial charge in [0.05, 0.1) is 19.9 Å². The van der Waals surface area contributed by atoms with E-state index >= 15 is 0 Å². The summed E-state index contributed by atoms with van der Waals surface area (Å²) in [5.74, 6) is -7.23. The standard InChI is InChI=1S/C35H55FN2O8/c1-3-5-6-9-12-16-28(39)17-13-10-7-8-11-14-18-30(35(44,34(42)43)46-24-4-2)33(41)38-31(32(37)40)26-27-19-21-29(22-20-27)45-25-15-23-36/h14,18-22,30-31,44H,3-13,15-17,23-26H2,1-2H3,(H2,37,40)(H,38,41)(H,42,43)/t30-,31+,35-/m1/s1. The summed E-state index contributed by atoms with van der Waals surface area (Å²) in [4.78, 5) is 49.9. The molecule has 0 radical (unpaired) electrons. The van der Waals surface area contributed by atoms with Gasteiger partial charge in [-0.1, -0.05) is 76.7 Å². The van der Waals surface area contributed by atoms with Crippen LogP contribution in [0.15, 0.2) is 36.4 Å². The summed E-state index contributed by atoms with van der Waals surface area (Å²) in [5.41, 5.74) is 6.21. The van der Waals surface area contributed by atoms with Crippen LogP contribution in [0.3, 0.4) is 0 Å². The number of allylic oxidation sites excluding steroid dienone is 1. The molecule has 1 rings (SSSR count). The Morgan fingerprint density at radius 2 is 1.54 bits per heavy atom. The SMILES string of the molecule is CCCCCCCC(=O)CCCCCCC=C[C@H](C(=O)N[C@@H](Cc1ccc(OCCCF)cc1)C(N)=O)[C@@](O)(OCCC)C(=O)O. The van der Waals surface area contributed by atoms with Gasteiger partial charge in [0.15, 0.2) is 0 Å². The predicted molar refractivity (Wildman–Crippen MR) is 175 cm³/mol. The highest BCUT2D eigenvalue weighted by Gasteiger charge is 2.49. The minimum atomic E-state index is -2.87. The molecule has 11 heteroatoms. The number of benzene rings is 1. The van der Waals surface area contributed by atoms with Gasteiger partial charge in [0.25, 0.3) is 5.79 Å². The molecule has 260 valence electrons. The molecular weight excluding hydrogens is 595 g/mol. The van der Waals surface area contributed by atoms with E-state index in [4.69, 9.17) is 15.2 Å². The first-order chi connectivity index (χ1) is 22.1. The molecule has 1 aromatic carbocycles. The van der Waals surface area contributed by atoms with E-state index in [-0.39, 0.29) is 26.1 Å². The number of Topliss-reactive ketones (excluding diaryl/α,β-unsaturated/α-hetero) is 1. The Balaban J connectivity index is 2.80. The number of carboxylic acid groups (broad SMARTS) is 1. The largest absolute Gasteiger partial charge is 0.494 e. The number of alkyl halides is 1. The van der Waals surface area contributed by atoms with Gasteiger partial charge in [-0.05, 0) is 49.8 Å². The number of hydrogen-bond acceptors (Lipinski definition) is 7. The first-order valence-electron chi connectivity index (χ1n) is 16.7. The number of unbranched alkanes of at least 4 members (excludes halogenated alkanes) is 8. The molecular formula is C35H55FN2O8. The Morgan fingerprint density at radius 3 is 2.11 bits per heavy atom. The monoisotopic (exact) mass is 650 g/mol. The first kappa shape index (κ1) is 40.7. The van der Waals surface area contributed by atoms with E-state index in [0.29, 0.717) is 42.8 Å². The molecule has 0 unspecified atom stereocenters. The van der Waals surface area contributed by atoms with Gasteiger partial charge in [-0.2, -0.15) is 0 Å². The number of amides is 2. The van der Waals surface area contributed by atoms with E-state index in [1.54, 1.807) is 37.3 Å². The van der Waals surface area contributed by atoms with Crippen molar-refractivity contribution in [2.75, 3.05) is 19.9 Å². The molecule has 46 heavy (non-hydrogen) atoms. The zero-order chi connectivity index (χ0) is 34.2. The van der Waals surface area contributed by atoms with Crippen LogP contribution >= 0.6 is 0 Å². The van der Waals surface area contributed by atoms with Gasteiger partial charge in [0.2, 0.25) is 11.8 Å². The Labute approximate surface area is 273 Å². The topological polar surface area (TPSA) is 165 Å².